The summed E-state index contributed by atoms with van der Waals surface area (Å²) in [7, 11) is 0. The second-order valence-corrected chi connectivity index (χ2v) is 4.58. The Kier molecular flexibility index (Phi) is 3.63. The molecule has 0 atom stereocenters. The summed E-state index contributed by atoms with van der Waals surface area (Å²) in [4.78, 5) is 11.9. The van der Waals surface area contributed by atoms with Crippen LogP contribution in [-0.4, -0.2) is 54.6 Å². The lowest BCUT2D eigenvalue weighted by Gasteiger charge is -2.22. The maximum Gasteiger partial charge on any atom is 0.273 e. The van der Waals surface area contributed by atoms with Crippen LogP contribution in [0.4, 0.5) is 0 Å². The highest BCUT2D eigenvalue weighted by Gasteiger charge is 2.18. The Morgan fingerprint density at radius 1 is 1.40 bits per heavy atom. The van der Waals surface area contributed by atoms with E-state index in [1.807, 2.05) is 0 Å². The van der Waals surface area contributed by atoms with Gasteiger partial charge in [0.05, 0.1) is 18.8 Å². The van der Waals surface area contributed by atoms with Crippen molar-refractivity contribution in [2.75, 3.05) is 13.1 Å². The summed E-state index contributed by atoms with van der Waals surface area (Å²) < 4.78 is 1.77. The normalized spacial score (nSPS) is 16.2. The van der Waals surface area contributed by atoms with Crippen molar-refractivity contribution in [1.29, 1.82) is 0 Å². The van der Waals surface area contributed by atoms with Gasteiger partial charge in [0, 0.05) is 0 Å². The largest absolute Gasteiger partial charge is 0.343 e. The lowest BCUT2D eigenvalue weighted by atomic mass is 10.1. The summed E-state index contributed by atoms with van der Waals surface area (Å²) in [5, 5.41) is 27.1. The van der Waals surface area contributed by atoms with Crippen molar-refractivity contribution < 1.29 is 4.79 Å². The lowest BCUT2D eigenvalue weighted by Crippen LogP contribution is -2.29. The predicted octanol–water partition coefficient (Wildman–Crippen LogP) is -1.35. The first kappa shape index (κ1) is 12.7. The van der Waals surface area contributed by atoms with Gasteiger partial charge in [0.2, 0.25) is 0 Å². The standard InChI is InChI=1S/C10H15N9O/c20-10(12-5-9-14-16-17-15-9)8-6-19(18-13-8)7-1-3-11-4-2-7/h6-7,11H,1-5H2,(H,12,20)(H,14,15,16,17). The molecule has 0 bridgehead atoms. The zero-order valence-electron chi connectivity index (χ0n) is 10.8. The van der Waals surface area contributed by atoms with E-state index in [4.69, 9.17) is 0 Å². The zero-order valence-corrected chi connectivity index (χ0v) is 10.8. The number of H-pyrrole nitrogens is 1. The van der Waals surface area contributed by atoms with Crippen LogP contribution in [0.2, 0.25) is 0 Å². The molecular weight excluding hydrogens is 262 g/mol. The molecule has 2 aromatic heterocycles. The predicted molar refractivity (Wildman–Crippen MR) is 66.5 cm³/mol. The third-order valence-electron chi connectivity index (χ3n) is 3.22. The summed E-state index contributed by atoms with van der Waals surface area (Å²) in [6.07, 6.45) is 3.67. The molecule has 0 aliphatic carbocycles. The van der Waals surface area contributed by atoms with Crippen LogP contribution in [0.1, 0.15) is 35.2 Å². The van der Waals surface area contributed by atoms with E-state index in [1.165, 1.54) is 0 Å². The number of piperidine rings is 1. The second kappa shape index (κ2) is 5.74. The van der Waals surface area contributed by atoms with Crippen LogP contribution in [0, 0.1) is 0 Å². The molecule has 3 heterocycles. The maximum absolute atomic E-state index is 11.9. The third kappa shape index (κ3) is 2.79. The van der Waals surface area contributed by atoms with Gasteiger partial charge in [0.1, 0.15) is 0 Å². The molecule has 1 aliphatic rings. The number of aromatic amines is 1. The number of amides is 1. The van der Waals surface area contributed by atoms with Crippen LogP contribution in [-0.2, 0) is 6.54 Å². The molecule has 10 heteroatoms. The molecule has 0 unspecified atom stereocenters. The van der Waals surface area contributed by atoms with Crippen molar-refractivity contribution in [2.45, 2.75) is 25.4 Å². The Balaban J connectivity index is 1.59. The van der Waals surface area contributed by atoms with Crippen LogP contribution < -0.4 is 10.6 Å². The molecular formula is C10H15N9O. The van der Waals surface area contributed by atoms with Gasteiger partial charge in [-0.3, -0.25) is 4.79 Å². The molecule has 106 valence electrons. The van der Waals surface area contributed by atoms with E-state index < -0.39 is 0 Å². The van der Waals surface area contributed by atoms with Gasteiger partial charge < -0.3 is 10.6 Å². The van der Waals surface area contributed by atoms with E-state index in [9.17, 15) is 4.79 Å². The van der Waals surface area contributed by atoms with Crippen LogP contribution in [0.15, 0.2) is 6.20 Å². The molecule has 1 saturated heterocycles. The highest BCUT2D eigenvalue weighted by molar-refractivity contribution is 5.91. The Bertz CT molecular complexity index is 557. The van der Waals surface area contributed by atoms with Crippen molar-refractivity contribution in [3.63, 3.8) is 0 Å². The van der Waals surface area contributed by atoms with Crippen molar-refractivity contribution in [1.82, 2.24) is 46.3 Å². The summed E-state index contributed by atoms with van der Waals surface area (Å²) >= 11 is 0. The minimum Gasteiger partial charge on any atom is -0.343 e. The van der Waals surface area contributed by atoms with Gasteiger partial charge in [-0.15, -0.1) is 15.3 Å². The fourth-order valence-electron chi connectivity index (χ4n) is 2.14. The zero-order chi connectivity index (χ0) is 13.8. The van der Waals surface area contributed by atoms with E-state index in [0.717, 1.165) is 25.9 Å². The van der Waals surface area contributed by atoms with Crippen molar-refractivity contribution in [3.05, 3.63) is 17.7 Å². The Hall–Kier alpha value is -2.36. The highest BCUT2D eigenvalue weighted by atomic mass is 16.2. The first-order valence-electron chi connectivity index (χ1n) is 6.46. The van der Waals surface area contributed by atoms with Gasteiger partial charge in [0.25, 0.3) is 5.91 Å². The number of nitrogens with one attached hydrogen (secondary N) is 3. The number of rotatable bonds is 4. The van der Waals surface area contributed by atoms with Crippen molar-refractivity contribution in [2.24, 2.45) is 0 Å². The minimum absolute atomic E-state index is 0.204. The summed E-state index contributed by atoms with van der Waals surface area (Å²) in [5.74, 6) is 0.124. The monoisotopic (exact) mass is 277 g/mol. The first-order valence-corrected chi connectivity index (χ1v) is 6.46. The Morgan fingerprint density at radius 2 is 2.25 bits per heavy atom. The second-order valence-electron chi connectivity index (χ2n) is 4.58. The molecule has 0 aromatic carbocycles. The fourth-order valence-corrected chi connectivity index (χ4v) is 2.14. The summed E-state index contributed by atoms with van der Waals surface area (Å²) in [6.45, 7) is 2.13. The molecule has 1 aliphatic heterocycles. The number of nitrogens with zero attached hydrogens (tertiary/aromatic N) is 6. The number of tetrazole rings is 1. The molecule has 2 aromatic rings. The first-order chi connectivity index (χ1) is 9.83. The van der Waals surface area contributed by atoms with Gasteiger partial charge in [0.15, 0.2) is 11.5 Å². The van der Waals surface area contributed by atoms with Crippen LogP contribution in [0.25, 0.3) is 0 Å². The van der Waals surface area contributed by atoms with Gasteiger partial charge in [-0.2, -0.15) is 5.21 Å². The van der Waals surface area contributed by atoms with Crippen LogP contribution in [0.3, 0.4) is 0 Å². The number of hydrogen-bond donors (Lipinski definition) is 3. The van der Waals surface area contributed by atoms with Gasteiger partial charge in [-0.05, 0) is 25.9 Å². The molecule has 0 radical (unpaired) electrons. The van der Waals surface area contributed by atoms with E-state index in [2.05, 4.69) is 41.6 Å². The number of carbonyl (C=O) groups excluding carboxylic acids is 1. The molecule has 20 heavy (non-hydrogen) atoms. The Labute approximate surface area is 114 Å². The topological polar surface area (TPSA) is 126 Å². The lowest BCUT2D eigenvalue weighted by molar-refractivity contribution is 0.0945. The Morgan fingerprint density at radius 3 is 3.00 bits per heavy atom. The molecule has 1 fully saturated rings. The van der Waals surface area contributed by atoms with E-state index in [-0.39, 0.29) is 12.5 Å². The van der Waals surface area contributed by atoms with E-state index in [0.29, 0.717) is 17.6 Å². The SMILES string of the molecule is O=C(NCc1nn[nH]n1)c1cn(C2CCNCC2)nn1. The number of hydrogen-bond acceptors (Lipinski definition) is 7. The van der Waals surface area contributed by atoms with Gasteiger partial charge in [-0.1, -0.05) is 10.4 Å². The molecule has 3 N–H and O–H groups in total. The van der Waals surface area contributed by atoms with Crippen LogP contribution in [0.5, 0.6) is 0 Å². The molecule has 0 spiro atoms. The number of carbonyl (C=O) groups is 1. The maximum atomic E-state index is 11.9. The van der Waals surface area contributed by atoms with E-state index >= 15 is 0 Å². The van der Waals surface area contributed by atoms with Gasteiger partial charge >= 0.3 is 0 Å². The minimum atomic E-state index is -0.296. The molecule has 10 nitrogen and oxygen atoms in total. The summed E-state index contributed by atoms with van der Waals surface area (Å²) in [5.41, 5.74) is 0.298. The highest BCUT2D eigenvalue weighted by Crippen LogP contribution is 2.16. The van der Waals surface area contributed by atoms with Crippen molar-refractivity contribution in [3.8, 4) is 0 Å². The average Bonchev–Trinajstić information content (AvgIpc) is 3.17. The smallest absolute Gasteiger partial charge is 0.273 e. The van der Waals surface area contributed by atoms with E-state index in [1.54, 1.807) is 10.9 Å². The van der Waals surface area contributed by atoms with Crippen molar-refractivity contribution >= 4 is 5.91 Å². The number of aromatic nitrogens is 7. The van der Waals surface area contributed by atoms with Crippen LogP contribution >= 0.6 is 0 Å². The third-order valence-corrected chi connectivity index (χ3v) is 3.22. The molecule has 3 rings (SSSR count). The molecule has 0 saturated carbocycles. The molecule has 1 amide bonds. The van der Waals surface area contributed by atoms with Gasteiger partial charge in [-0.25, -0.2) is 4.68 Å². The average molecular weight is 277 g/mol. The summed E-state index contributed by atoms with van der Waals surface area (Å²) in [6, 6.07) is 0.308. The fraction of sp³-hybridized carbons (Fsp3) is 0.600. The quantitative estimate of drug-likeness (QED) is 0.630.